The molecule has 28 heavy (non-hydrogen) atoms. The number of carbonyl (C=O) groups is 1. The summed E-state index contributed by atoms with van der Waals surface area (Å²) >= 11 is 0. The predicted molar refractivity (Wildman–Crippen MR) is 111 cm³/mol. The van der Waals surface area contributed by atoms with E-state index in [1.807, 2.05) is 32.9 Å². The van der Waals surface area contributed by atoms with Gasteiger partial charge in [0.15, 0.2) is 12.4 Å². The minimum atomic E-state index is -0.385. The van der Waals surface area contributed by atoms with E-state index in [1.165, 1.54) is 24.0 Å². The molecule has 3 aliphatic carbocycles. The molecule has 1 aromatic rings. The SMILES string of the molecule is CC(C)(C)C(=O)CO/N=C1\CCC2C3CCc4cc(O)ccc4C3CCC12C. The second kappa shape index (κ2) is 6.89. The number of aryl methyl sites for hydroxylation is 1. The Morgan fingerprint density at radius 1 is 1.25 bits per heavy atom. The van der Waals surface area contributed by atoms with Gasteiger partial charge in [0, 0.05) is 10.8 Å². The van der Waals surface area contributed by atoms with Gasteiger partial charge in [-0.15, -0.1) is 0 Å². The average molecular weight is 384 g/mol. The first kappa shape index (κ1) is 19.5. The van der Waals surface area contributed by atoms with Gasteiger partial charge in [0.05, 0.1) is 5.71 Å². The van der Waals surface area contributed by atoms with Gasteiger partial charge >= 0.3 is 0 Å². The van der Waals surface area contributed by atoms with Gasteiger partial charge < -0.3 is 9.94 Å². The zero-order chi connectivity index (χ0) is 20.1. The normalized spacial score (nSPS) is 33.1. The van der Waals surface area contributed by atoms with Crippen molar-refractivity contribution in [3.05, 3.63) is 29.3 Å². The third kappa shape index (κ3) is 3.25. The molecule has 1 aromatic carbocycles. The number of Topliss-reactive ketones (excluding diaryl/α,β-unsaturated/α-hetero) is 1. The number of phenols is 1. The highest BCUT2D eigenvalue weighted by atomic mass is 16.6. The van der Waals surface area contributed by atoms with Crippen LogP contribution in [0.3, 0.4) is 0 Å². The Labute approximate surface area is 168 Å². The summed E-state index contributed by atoms with van der Waals surface area (Å²) in [6.45, 7) is 8.18. The summed E-state index contributed by atoms with van der Waals surface area (Å²) < 4.78 is 0. The Bertz CT molecular complexity index is 807. The minimum Gasteiger partial charge on any atom is -0.508 e. The van der Waals surface area contributed by atoms with Crippen molar-refractivity contribution in [3.8, 4) is 5.75 Å². The molecule has 0 heterocycles. The largest absolute Gasteiger partial charge is 0.508 e. The molecule has 2 saturated carbocycles. The fourth-order valence-electron chi connectivity index (χ4n) is 5.89. The molecule has 1 N–H and O–H groups in total. The number of benzene rings is 1. The van der Waals surface area contributed by atoms with Crippen LogP contribution in [0.4, 0.5) is 0 Å². The fourth-order valence-corrected chi connectivity index (χ4v) is 5.89. The summed E-state index contributed by atoms with van der Waals surface area (Å²) in [6.07, 6.45) is 6.68. The van der Waals surface area contributed by atoms with Crippen molar-refractivity contribution < 1.29 is 14.7 Å². The molecule has 3 aliphatic rings. The highest BCUT2D eigenvalue weighted by molar-refractivity contribution is 5.92. The van der Waals surface area contributed by atoms with Crippen LogP contribution in [-0.2, 0) is 16.1 Å². The van der Waals surface area contributed by atoms with Crippen molar-refractivity contribution in [2.75, 3.05) is 6.61 Å². The average Bonchev–Trinajstić information content (AvgIpc) is 2.97. The number of ketones is 1. The summed E-state index contributed by atoms with van der Waals surface area (Å²) in [7, 11) is 0. The van der Waals surface area contributed by atoms with Crippen LogP contribution in [-0.4, -0.2) is 23.2 Å². The lowest BCUT2D eigenvalue weighted by molar-refractivity contribution is -0.131. The van der Waals surface area contributed by atoms with E-state index in [2.05, 4.69) is 18.1 Å². The van der Waals surface area contributed by atoms with Crippen LogP contribution in [0.2, 0.25) is 0 Å². The van der Waals surface area contributed by atoms with Crippen molar-refractivity contribution in [2.45, 2.75) is 72.1 Å². The van der Waals surface area contributed by atoms with E-state index in [9.17, 15) is 9.90 Å². The van der Waals surface area contributed by atoms with Gasteiger partial charge in [-0.1, -0.05) is 38.9 Å². The molecule has 0 saturated heterocycles. The van der Waals surface area contributed by atoms with Crippen LogP contribution >= 0.6 is 0 Å². The van der Waals surface area contributed by atoms with Crippen molar-refractivity contribution in [2.24, 2.45) is 27.8 Å². The minimum absolute atomic E-state index is 0.0661. The van der Waals surface area contributed by atoms with Gasteiger partial charge in [0.25, 0.3) is 0 Å². The molecular weight excluding hydrogens is 350 g/mol. The van der Waals surface area contributed by atoms with E-state index >= 15 is 0 Å². The highest BCUT2D eigenvalue weighted by Gasteiger charge is 2.53. The topological polar surface area (TPSA) is 58.9 Å². The third-order valence-corrected chi connectivity index (χ3v) is 7.66. The zero-order valence-electron chi connectivity index (χ0n) is 17.6. The first-order valence-electron chi connectivity index (χ1n) is 10.7. The van der Waals surface area contributed by atoms with Gasteiger partial charge in [-0.25, -0.2) is 0 Å². The van der Waals surface area contributed by atoms with Gasteiger partial charge in [-0.2, -0.15) is 0 Å². The molecule has 0 bridgehead atoms. The Morgan fingerprint density at radius 2 is 2.04 bits per heavy atom. The van der Waals surface area contributed by atoms with Crippen LogP contribution in [0.5, 0.6) is 5.75 Å². The number of oxime groups is 1. The number of hydrogen-bond acceptors (Lipinski definition) is 4. The van der Waals surface area contributed by atoms with E-state index in [0.29, 0.717) is 23.5 Å². The van der Waals surface area contributed by atoms with Gasteiger partial charge in [-0.05, 0) is 79.5 Å². The molecule has 0 aromatic heterocycles. The molecule has 0 radical (unpaired) electrons. The molecule has 4 rings (SSSR count). The molecule has 0 aliphatic heterocycles. The van der Waals surface area contributed by atoms with Crippen molar-refractivity contribution in [3.63, 3.8) is 0 Å². The Kier molecular flexibility index (Phi) is 4.79. The lowest BCUT2D eigenvalue weighted by Gasteiger charge is -2.49. The molecule has 2 fully saturated rings. The summed E-state index contributed by atoms with van der Waals surface area (Å²) in [5, 5.41) is 14.3. The smallest absolute Gasteiger partial charge is 0.178 e. The van der Waals surface area contributed by atoms with E-state index in [-0.39, 0.29) is 23.2 Å². The highest BCUT2D eigenvalue weighted by Crippen LogP contribution is 2.60. The summed E-state index contributed by atoms with van der Waals surface area (Å²) in [6, 6.07) is 5.95. The first-order chi connectivity index (χ1) is 13.2. The van der Waals surface area contributed by atoms with Crippen LogP contribution in [0, 0.1) is 22.7 Å². The van der Waals surface area contributed by atoms with Gasteiger partial charge in [-0.3, -0.25) is 4.79 Å². The first-order valence-corrected chi connectivity index (χ1v) is 10.7. The van der Waals surface area contributed by atoms with Gasteiger partial charge in [0.1, 0.15) is 5.75 Å². The van der Waals surface area contributed by atoms with E-state index in [4.69, 9.17) is 4.84 Å². The number of nitrogens with zero attached hydrogens (tertiary/aromatic N) is 1. The monoisotopic (exact) mass is 383 g/mol. The molecular formula is C24H33NO3. The lowest BCUT2D eigenvalue weighted by atomic mass is 9.55. The number of fused-ring (bicyclic) bond motifs is 5. The number of rotatable bonds is 3. The van der Waals surface area contributed by atoms with E-state index in [1.54, 1.807) is 0 Å². The molecule has 4 nitrogen and oxygen atoms in total. The Balaban J connectivity index is 1.50. The van der Waals surface area contributed by atoms with Gasteiger partial charge in [0.2, 0.25) is 0 Å². The number of phenolic OH excluding ortho intramolecular Hbond substituents is 1. The lowest BCUT2D eigenvalue weighted by Crippen LogP contribution is -2.42. The Hall–Kier alpha value is -1.84. The molecule has 0 amide bonds. The van der Waals surface area contributed by atoms with E-state index < -0.39 is 0 Å². The second-order valence-corrected chi connectivity index (χ2v) is 10.3. The molecule has 4 atom stereocenters. The maximum absolute atomic E-state index is 12.1. The summed E-state index contributed by atoms with van der Waals surface area (Å²) in [4.78, 5) is 17.7. The van der Waals surface area contributed by atoms with Crippen molar-refractivity contribution in [1.29, 1.82) is 0 Å². The predicted octanol–water partition coefficient (Wildman–Crippen LogP) is 5.24. The Morgan fingerprint density at radius 3 is 2.79 bits per heavy atom. The molecule has 4 unspecified atom stereocenters. The van der Waals surface area contributed by atoms with Crippen molar-refractivity contribution in [1.82, 2.24) is 0 Å². The van der Waals surface area contributed by atoms with Crippen LogP contribution < -0.4 is 0 Å². The second-order valence-electron chi connectivity index (χ2n) is 10.3. The number of aromatic hydroxyl groups is 1. The zero-order valence-corrected chi connectivity index (χ0v) is 17.6. The quantitative estimate of drug-likeness (QED) is 0.727. The number of hydrogen-bond donors (Lipinski definition) is 1. The van der Waals surface area contributed by atoms with Crippen LogP contribution in [0.25, 0.3) is 0 Å². The fraction of sp³-hybridized carbons (Fsp3) is 0.667. The van der Waals surface area contributed by atoms with Crippen molar-refractivity contribution >= 4 is 11.5 Å². The summed E-state index contributed by atoms with van der Waals surface area (Å²) in [5.41, 5.74) is 3.66. The third-order valence-electron chi connectivity index (χ3n) is 7.66. The number of carbonyl (C=O) groups excluding carboxylic acids is 1. The maximum atomic E-state index is 12.1. The van der Waals surface area contributed by atoms with Crippen LogP contribution in [0.1, 0.15) is 76.8 Å². The summed E-state index contributed by atoms with van der Waals surface area (Å²) in [5.74, 6) is 2.39. The maximum Gasteiger partial charge on any atom is 0.178 e. The molecule has 0 spiro atoms. The molecule has 4 heteroatoms. The standard InChI is InChI=1S/C24H33NO3/c1-23(2,3)22(27)14-28-25-21-10-9-20-19-7-5-15-13-16(26)6-8-17(15)18(19)11-12-24(20,21)4/h6,8,13,18-20,26H,5,7,9-12,14H2,1-4H3/b25-21+. The molecule has 152 valence electrons. The van der Waals surface area contributed by atoms with Crippen LogP contribution in [0.15, 0.2) is 23.4 Å². The van der Waals surface area contributed by atoms with E-state index in [0.717, 1.165) is 31.4 Å².